The number of hydrogen-bond donors (Lipinski definition) is 1. The molecule has 0 bridgehead atoms. The van der Waals surface area contributed by atoms with E-state index < -0.39 is 0 Å². The van der Waals surface area contributed by atoms with Gasteiger partial charge in [-0.2, -0.15) is 4.52 Å². The largest absolute Gasteiger partial charge is 0.363 e. The van der Waals surface area contributed by atoms with Crippen LogP contribution in [0.25, 0.3) is 16.2 Å². The molecule has 0 saturated heterocycles. The highest BCUT2D eigenvalue weighted by Gasteiger charge is 2.13. The molecule has 20 heavy (non-hydrogen) atoms. The van der Waals surface area contributed by atoms with Crippen LogP contribution in [0.4, 0.5) is 5.13 Å². The number of aryl methyl sites for hydroxylation is 2. The maximum Gasteiger partial charge on any atom is 0.302 e. The molecule has 0 atom stereocenters. The molecular formula is C13H13N5OS. The van der Waals surface area contributed by atoms with Crippen molar-refractivity contribution in [3.05, 3.63) is 39.7 Å². The smallest absolute Gasteiger partial charge is 0.302 e. The summed E-state index contributed by atoms with van der Waals surface area (Å²) in [6, 6.07) is 5.80. The molecule has 0 saturated carbocycles. The van der Waals surface area contributed by atoms with Crippen LogP contribution in [0.5, 0.6) is 0 Å². The molecule has 0 aliphatic carbocycles. The SMILES string of the molecule is CNc1nn2c(=O)c(-c3ccc(C)c(C)c3)nnc2s1. The summed E-state index contributed by atoms with van der Waals surface area (Å²) in [6.45, 7) is 4.03. The first kappa shape index (κ1) is 12.7. The first-order valence-corrected chi connectivity index (χ1v) is 6.93. The Morgan fingerprint density at radius 2 is 2.00 bits per heavy atom. The Kier molecular flexibility index (Phi) is 2.98. The number of benzene rings is 1. The number of hydrogen-bond acceptors (Lipinski definition) is 6. The van der Waals surface area contributed by atoms with E-state index in [0.717, 1.165) is 11.1 Å². The van der Waals surface area contributed by atoms with Gasteiger partial charge >= 0.3 is 5.56 Å². The highest BCUT2D eigenvalue weighted by atomic mass is 32.1. The van der Waals surface area contributed by atoms with E-state index in [1.54, 1.807) is 7.05 Å². The van der Waals surface area contributed by atoms with Gasteiger partial charge in [0, 0.05) is 12.6 Å². The lowest BCUT2D eigenvalue weighted by Gasteiger charge is -2.03. The number of rotatable bonds is 2. The summed E-state index contributed by atoms with van der Waals surface area (Å²) in [4.78, 5) is 12.9. The van der Waals surface area contributed by atoms with Gasteiger partial charge in [0.1, 0.15) is 0 Å². The Bertz CT molecular complexity index is 852. The van der Waals surface area contributed by atoms with Crippen LogP contribution in [-0.2, 0) is 0 Å². The molecule has 3 rings (SSSR count). The average molecular weight is 287 g/mol. The lowest BCUT2D eigenvalue weighted by Crippen LogP contribution is -2.19. The highest BCUT2D eigenvalue weighted by molar-refractivity contribution is 7.20. The topological polar surface area (TPSA) is 72.2 Å². The number of aromatic nitrogens is 4. The molecule has 2 aromatic heterocycles. The minimum absolute atomic E-state index is 0.254. The predicted molar refractivity (Wildman–Crippen MR) is 79.4 cm³/mol. The van der Waals surface area contributed by atoms with Crippen LogP contribution in [0.1, 0.15) is 11.1 Å². The standard InChI is InChI=1S/C13H13N5OS/c1-7-4-5-9(6-8(7)2)10-11(19)18-13(16-15-10)20-12(14-3)17-18/h4-6H,1-3H3,(H,14,17). The van der Waals surface area contributed by atoms with Crippen molar-refractivity contribution >= 4 is 21.4 Å². The van der Waals surface area contributed by atoms with Crippen molar-refractivity contribution in [1.82, 2.24) is 19.8 Å². The van der Waals surface area contributed by atoms with Gasteiger partial charge < -0.3 is 5.32 Å². The first-order valence-electron chi connectivity index (χ1n) is 6.12. The maximum absolute atomic E-state index is 12.4. The molecular weight excluding hydrogens is 274 g/mol. The second kappa shape index (κ2) is 4.68. The van der Waals surface area contributed by atoms with E-state index in [1.165, 1.54) is 21.4 Å². The third-order valence-corrected chi connectivity index (χ3v) is 4.10. The molecule has 2 heterocycles. The van der Waals surface area contributed by atoms with Gasteiger partial charge in [0.05, 0.1) is 0 Å². The zero-order chi connectivity index (χ0) is 14.3. The van der Waals surface area contributed by atoms with Crippen molar-refractivity contribution in [2.75, 3.05) is 12.4 Å². The van der Waals surface area contributed by atoms with Crippen LogP contribution in [-0.4, -0.2) is 26.9 Å². The van der Waals surface area contributed by atoms with Crippen molar-refractivity contribution < 1.29 is 0 Å². The van der Waals surface area contributed by atoms with Crippen molar-refractivity contribution in [3.8, 4) is 11.3 Å². The van der Waals surface area contributed by atoms with Gasteiger partial charge in [0.2, 0.25) is 10.1 Å². The predicted octanol–water partition coefficient (Wildman–Crippen LogP) is 1.87. The van der Waals surface area contributed by atoms with Crippen LogP contribution in [0.2, 0.25) is 0 Å². The fourth-order valence-electron chi connectivity index (χ4n) is 1.89. The van der Waals surface area contributed by atoms with Gasteiger partial charge in [0.15, 0.2) is 5.69 Å². The summed E-state index contributed by atoms with van der Waals surface area (Å²) in [7, 11) is 1.75. The van der Waals surface area contributed by atoms with Crippen LogP contribution in [0.3, 0.4) is 0 Å². The Balaban J connectivity index is 2.23. The van der Waals surface area contributed by atoms with Crippen molar-refractivity contribution in [3.63, 3.8) is 0 Å². The van der Waals surface area contributed by atoms with Gasteiger partial charge in [0.25, 0.3) is 0 Å². The summed E-state index contributed by atoms with van der Waals surface area (Å²) < 4.78 is 1.29. The fourth-order valence-corrected chi connectivity index (χ4v) is 2.57. The van der Waals surface area contributed by atoms with Gasteiger partial charge in [-0.15, -0.1) is 15.3 Å². The molecule has 102 valence electrons. The summed E-state index contributed by atoms with van der Waals surface area (Å²) in [5, 5.41) is 15.8. The van der Waals surface area contributed by atoms with E-state index in [9.17, 15) is 4.79 Å². The monoisotopic (exact) mass is 287 g/mol. The van der Waals surface area contributed by atoms with Crippen LogP contribution in [0, 0.1) is 13.8 Å². The van der Waals surface area contributed by atoms with Gasteiger partial charge in [-0.1, -0.05) is 23.5 Å². The zero-order valence-corrected chi connectivity index (χ0v) is 12.2. The van der Waals surface area contributed by atoms with E-state index in [-0.39, 0.29) is 5.56 Å². The van der Waals surface area contributed by atoms with E-state index >= 15 is 0 Å². The molecule has 0 aliphatic heterocycles. The number of anilines is 1. The second-order valence-corrected chi connectivity index (χ2v) is 5.46. The van der Waals surface area contributed by atoms with Crippen LogP contribution in [0.15, 0.2) is 23.0 Å². The van der Waals surface area contributed by atoms with Crippen molar-refractivity contribution in [2.24, 2.45) is 0 Å². The van der Waals surface area contributed by atoms with E-state index in [2.05, 4.69) is 20.6 Å². The molecule has 7 heteroatoms. The normalized spacial score (nSPS) is 10.9. The van der Waals surface area contributed by atoms with E-state index in [1.807, 2.05) is 32.0 Å². The minimum atomic E-state index is -0.254. The van der Waals surface area contributed by atoms with Crippen molar-refractivity contribution in [1.29, 1.82) is 0 Å². The molecule has 0 spiro atoms. The third kappa shape index (κ3) is 1.96. The van der Waals surface area contributed by atoms with Crippen LogP contribution >= 0.6 is 11.3 Å². The lowest BCUT2D eigenvalue weighted by molar-refractivity contribution is 0.861. The third-order valence-electron chi connectivity index (χ3n) is 3.18. The van der Waals surface area contributed by atoms with E-state index in [0.29, 0.717) is 15.8 Å². The number of nitrogens with zero attached hydrogens (tertiary/aromatic N) is 4. The lowest BCUT2D eigenvalue weighted by atomic mass is 10.0. The Morgan fingerprint density at radius 1 is 1.20 bits per heavy atom. The Labute approximate surface area is 119 Å². The molecule has 0 aliphatic rings. The molecule has 0 radical (unpaired) electrons. The average Bonchev–Trinajstić information content (AvgIpc) is 2.87. The van der Waals surface area contributed by atoms with Crippen LogP contribution < -0.4 is 10.9 Å². The van der Waals surface area contributed by atoms with Gasteiger partial charge in [-0.25, -0.2) is 0 Å². The number of fused-ring (bicyclic) bond motifs is 1. The fraction of sp³-hybridized carbons (Fsp3) is 0.231. The summed E-state index contributed by atoms with van der Waals surface area (Å²) in [5.41, 5.74) is 3.12. The summed E-state index contributed by atoms with van der Waals surface area (Å²) >= 11 is 1.29. The quantitative estimate of drug-likeness (QED) is 0.779. The summed E-state index contributed by atoms with van der Waals surface area (Å²) in [5.74, 6) is 0. The summed E-state index contributed by atoms with van der Waals surface area (Å²) in [6.07, 6.45) is 0. The maximum atomic E-state index is 12.4. The van der Waals surface area contributed by atoms with E-state index in [4.69, 9.17) is 0 Å². The molecule has 6 nitrogen and oxygen atoms in total. The minimum Gasteiger partial charge on any atom is -0.363 e. The molecule has 3 aromatic rings. The zero-order valence-electron chi connectivity index (χ0n) is 11.3. The molecule has 0 amide bonds. The second-order valence-electron chi connectivity index (χ2n) is 4.50. The molecule has 0 fully saturated rings. The Morgan fingerprint density at radius 3 is 2.70 bits per heavy atom. The van der Waals surface area contributed by atoms with Gasteiger partial charge in [-0.05, 0) is 31.0 Å². The molecule has 1 aromatic carbocycles. The first-order chi connectivity index (χ1) is 9.60. The van der Waals surface area contributed by atoms with Gasteiger partial charge in [-0.3, -0.25) is 4.79 Å². The molecule has 1 N–H and O–H groups in total. The highest BCUT2D eigenvalue weighted by Crippen LogP contribution is 2.19. The number of nitrogens with one attached hydrogen (secondary N) is 1. The van der Waals surface area contributed by atoms with Crippen molar-refractivity contribution in [2.45, 2.75) is 13.8 Å². The Hall–Kier alpha value is -2.28. The molecule has 0 unspecified atom stereocenters.